The molecule has 5 heteroatoms. The summed E-state index contributed by atoms with van der Waals surface area (Å²) in [6.45, 7) is 2.89. The van der Waals surface area contributed by atoms with Crippen molar-refractivity contribution in [2.24, 2.45) is 0 Å². The van der Waals surface area contributed by atoms with Gasteiger partial charge in [-0.3, -0.25) is 9.59 Å². The maximum Gasteiger partial charge on any atom is 0.243 e. The van der Waals surface area contributed by atoms with Crippen molar-refractivity contribution in [2.45, 2.75) is 70.5 Å². The van der Waals surface area contributed by atoms with Crippen molar-refractivity contribution in [2.75, 3.05) is 6.61 Å². The molecule has 3 aromatic rings. The van der Waals surface area contributed by atoms with Crippen LogP contribution in [-0.4, -0.2) is 35.4 Å². The number of carbonyl (C=O) groups excluding carboxylic acids is 2. The number of nitrogens with one attached hydrogen (secondary N) is 1. The Kier molecular flexibility index (Phi) is 9.75. The maximum atomic E-state index is 13.7. The van der Waals surface area contributed by atoms with Gasteiger partial charge in [-0.05, 0) is 49.4 Å². The molecule has 0 aromatic heterocycles. The lowest BCUT2D eigenvalue weighted by Gasteiger charge is -2.32. The zero-order chi connectivity index (χ0) is 25.9. The Bertz CT molecular complexity index is 1130. The van der Waals surface area contributed by atoms with Gasteiger partial charge < -0.3 is 15.0 Å². The Balaban J connectivity index is 1.52. The first kappa shape index (κ1) is 26.5. The van der Waals surface area contributed by atoms with Gasteiger partial charge in [0.15, 0.2) is 0 Å². The van der Waals surface area contributed by atoms with E-state index in [4.69, 9.17) is 4.74 Å². The van der Waals surface area contributed by atoms with E-state index in [1.165, 1.54) is 0 Å². The molecular weight excluding hydrogens is 460 g/mol. The molecule has 0 radical (unpaired) electrons. The van der Waals surface area contributed by atoms with Crippen LogP contribution in [0.5, 0.6) is 5.75 Å². The fourth-order valence-corrected chi connectivity index (χ4v) is 5.00. The van der Waals surface area contributed by atoms with E-state index in [0.717, 1.165) is 48.1 Å². The summed E-state index contributed by atoms with van der Waals surface area (Å²) >= 11 is 0. The van der Waals surface area contributed by atoms with Gasteiger partial charge in [-0.2, -0.15) is 0 Å². The van der Waals surface area contributed by atoms with E-state index in [2.05, 4.69) is 11.4 Å². The normalized spacial score (nSPS) is 14.2. The summed E-state index contributed by atoms with van der Waals surface area (Å²) < 4.78 is 5.81. The highest BCUT2D eigenvalue weighted by Crippen LogP contribution is 2.21. The highest BCUT2D eigenvalue weighted by Gasteiger charge is 2.32. The number of ether oxygens (including phenoxy) is 1. The second kappa shape index (κ2) is 13.6. The van der Waals surface area contributed by atoms with Crippen LogP contribution in [-0.2, 0) is 22.6 Å². The molecule has 0 spiro atoms. The van der Waals surface area contributed by atoms with E-state index in [-0.39, 0.29) is 17.9 Å². The first-order valence-corrected chi connectivity index (χ1v) is 13.5. The molecule has 4 rings (SSSR count). The molecule has 1 aliphatic rings. The van der Waals surface area contributed by atoms with Crippen molar-refractivity contribution in [1.29, 1.82) is 0 Å². The fourth-order valence-electron chi connectivity index (χ4n) is 5.00. The summed E-state index contributed by atoms with van der Waals surface area (Å²) in [6.07, 6.45) is 5.68. The zero-order valence-electron chi connectivity index (χ0n) is 21.8. The highest BCUT2D eigenvalue weighted by molar-refractivity contribution is 5.88. The average molecular weight is 499 g/mol. The van der Waals surface area contributed by atoms with Crippen molar-refractivity contribution in [3.8, 4) is 5.75 Å². The summed E-state index contributed by atoms with van der Waals surface area (Å²) in [7, 11) is 0. The molecule has 5 nitrogen and oxygen atoms in total. The van der Waals surface area contributed by atoms with Gasteiger partial charge in [0.1, 0.15) is 11.8 Å². The number of hydrogen-bond acceptors (Lipinski definition) is 3. The monoisotopic (exact) mass is 498 g/mol. The molecule has 37 heavy (non-hydrogen) atoms. The second-order valence-electron chi connectivity index (χ2n) is 9.97. The Morgan fingerprint density at radius 3 is 2.30 bits per heavy atom. The van der Waals surface area contributed by atoms with E-state index < -0.39 is 6.04 Å². The van der Waals surface area contributed by atoms with Gasteiger partial charge in [0.2, 0.25) is 11.8 Å². The lowest BCUT2D eigenvalue weighted by atomic mass is 10.0. The van der Waals surface area contributed by atoms with E-state index in [0.29, 0.717) is 32.4 Å². The van der Waals surface area contributed by atoms with Crippen molar-refractivity contribution in [1.82, 2.24) is 10.2 Å². The third-order valence-electron chi connectivity index (χ3n) is 6.95. The van der Waals surface area contributed by atoms with Gasteiger partial charge in [-0.25, -0.2) is 0 Å². The summed E-state index contributed by atoms with van der Waals surface area (Å²) in [6, 6.07) is 27.4. The average Bonchev–Trinajstić information content (AvgIpc) is 3.43. The minimum Gasteiger partial charge on any atom is -0.494 e. The Hall–Kier alpha value is -3.60. The molecule has 0 aliphatic heterocycles. The molecule has 0 bridgehead atoms. The van der Waals surface area contributed by atoms with E-state index in [1.807, 2.05) is 85.8 Å². The van der Waals surface area contributed by atoms with Crippen LogP contribution in [0.4, 0.5) is 0 Å². The summed E-state index contributed by atoms with van der Waals surface area (Å²) in [4.78, 5) is 29.2. The minimum absolute atomic E-state index is 0.0272. The smallest absolute Gasteiger partial charge is 0.243 e. The van der Waals surface area contributed by atoms with Gasteiger partial charge in [-0.1, -0.05) is 91.2 Å². The molecule has 194 valence electrons. The molecular formula is C32H38N2O3. The third kappa shape index (κ3) is 8.21. The minimum atomic E-state index is -0.578. The standard InChI is InChI=1S/C32H38N2O3/c1-25-12-10-15-27(22-25)24-34(31(35)20-11-21-37-29-18-6-3-7-19-29)30(23-26-13-4-2-5-14-26)32(36)33-28-16-8-9-17-28/h2-7,10,12-15,18-19,22,28,30H,8-9,11,16-17,20-21,23-24H2,1H3,(H,33,36)/t30-/m1/s1. The molecule has 2 amide bonds. The van der Waals surface area contributed by atoms with Gasteiger partial charge in [0, 0.05) is 25.4 Å². The van der Waals surface area contributed by atoms with Crippen molar-refractivity contribution < 1.29 is 14.3 Å². The number of aryl methyl sites for hydroxylation is 1. The van der Waals surface area contributed by atoms with Gasteiger partial charge in [0.05, 0.1) is 6.61 Å². The predicted octanol–water partition coefficient (Wildman–Crippen LogP) is 5.85. The first-order valence-electron chi connectivity index (χ1n) is 13.5. The molecule has 0 saturated heterocycles. The molecule has 0 heterocycles. The van der Waals surface area contributed by atoms with Crippen LogP contribution in [0.2, 0.25) is 0 Å². The SMILES string of the molecule is Cc1cccc(CN(C(=O)CCCOc2ccccc2)[C@H](Cc2ccccc2)C(=O)NC2CCCC2)c1. The van der Waals surface area contributed by atoms with Crippen LogP contribution >= 0.6 is 0 Å². The molecule has 1 saturated carbocycles. The topological polar surface area (TPSA) is 58.6 Å². The van der Waals surface area contributed by atoms with Crippen LogP contribution in [0.1, 0.15) is 55.2 Å². The van der Waals surface area contributed by atoms with Crippen molar-refractivity contribution in [3.63, 3.8) is 0 Å². The lowest BCUT2D eigenvalue weighted by Crippen LogP contribution is -2.52. The molecule has 1 atom stereocenters. The molecule has 3 aromatic carbocycles. The van der Waals surface area contributed by atoms with E-state index in [9.17, 15) is 9.59 Å². The zero-order valence-corrected chi connectivity index (χ0v) is 21.8. The summed E-state index contributed by atoms with van der Waals surface area (Å²) in [5.41, 5.74) is 3.21. The van der Waals surface area contributed by atoms with Gasteiger partial charge >= 0.3 is 0 Å². The lowest BCUT2D eigenvalue weighted by molar-refractivity contribution is -0.141. The van der Waals surface area contributed by atoms with Crippen LogP contribution in [0.3, 0.4) is 0 Å². The molecule has 1 N–H and O–H groups in total. The van der Waals surface area contributed by atoms with Crippen LogP contribution < -0.4 is 10.1 Å². The van der Waals surface area contributed by atoms with E-state index in [1.54, 1.807) is 4.90 Å². The Morgan fingerprint density at radius 1 is 0.919 bits per heavy atom. The van der Waals surface area contributed by atoms with Gasteiger partial charge in [-0.15, -0.1) is 0 Å². The summed E-state index contributed by atoms with van der Waals surface area (Å²) in [5, 5.41) is 3.26. The van der Waals surface area contributed by atoms with Crippen molar-refractivity contribution >= 4 is 11.8 Å². The molecule has 0 unspecified atom stereocenters. The van der Waals surface area contributed by atoms with Crippen LogP contribution in [0, 0.1) is 6.92 Å². The number of hydrogen-bond donors (Lipinski definition) is 1. The highest BCUT2D eigenvalue weighted by atomic mass is 16.5. The predicted molar refractivity (Wildman–Crippen MR) is 147 cm³/mol. The number of benzene rings is 3. The van der Waals surface area contributed by atoms with Crippen LogP contribution in [0.15, 0.2) is 84.9 Å². The largest absolute Gasteiger partial charge is 0.494 e. The Labute approximate surface area is 220 Å². The molecule has 1 aliphatic carbocycles. The van der Waals surface area contributed by atoms with E-state index >= 15 is 0 Å². The number of rotatable bonds is 12. The van der Waals surface area contributed by atoms with Gasteiger partial charge in [0.25, 0.3) is 0 Å². The fraction of sp³-hybridized carbons (Fsp3) is 0.375. The first-order chi connectivity index (χ1) is 18.1. The molecule has 1 fully saturated rings. The van der Waals surface area contributed by atoms with Crippen molar-refractivity contribution in [3.05, 3.63) is 102 Å². The van der Waals surface area contributed by atoms with Crippen LogP contribution in [0.25, 0.3) is 0 Å². The number of carbonyl (C=O) groups is 2. The second-order valence-corrected chi connectivity index (χ2v) is 9.97. The number of nitrogens with zero attached hydrogens (tertiary/aromatic N) is 1. The Morgan fingerprint density at radius 2 is 1.59 bits per heavy atom. The maximum absolute atomic E-state index is 13.7. The number of amides is 2. The third-order valence-corrected chi connectivity index (χ3v) is 6.95. The quantitative estimate of drug-likeness (QED) is 0.319. The number of para-hydroxylation sites is 1. The summed E-state index contributed by atoms with van der Waals surface area (Å²) in [5.74, 6) is 0.711.